The second-order valence-electron chi connectivity index (χ2n) is 6.00. The Morgan fingerprint density at radius 1 is 0.808 bits per heavy atom. The number of para-hydroxylation sites is 2. The molecule has 0 heterocycles. The number of nitrogens with zero attached hydrogens (tertiary/aromatic N) is 1. The van der Waals surface area contributed by atoms with Gasteiger partial charge in [0.25, 0.3) is 0 Å². The lowest BCUT2D eigenvalue weighted by Gasteiger charge is -2.32. The van der Waals surface area contributed by atoms with Gasteiger partial charge in [0.05, 0.1) is 6.61 Å². The van der Waals surface area contributed by atoms with Gasteiger partial charge in [0.1, 0.15) is 6.04 Å². The summed E-state index contributed by atoms with van der Waals surface area (Å²) in [4.78, 5) is 14.9. The Balaban J connectivity index is 2.04. The molecule has 1 atom stereocenters. The lowest BCUT2D eigenvalue weighted by atomic mass is 10.0. The third kappa shape index (κ3) is 4.31. The first kappa shape index (κ1) is 17.7. The largest absolute Gasteiger partial charge is 0.464 e. The number of hydrogen-bond donors (Lipinski definition) is 0. The number of benzene rings is 3. The molecule has 0 saturated heterocycles. The summed E-state index contributed by atoms with van der Waals surface area (Å²) in [5.41, 5.74) is 3.03. The van der Waals surface area contributed by atoms with Gasteiger partial charge in [-0.15, -0.1) is 0 Å². The maximum atomic E-state index is 12.9. The molecule has 0 saturated carbocycles. The van der Waals surface area contributed by atoms with Gasteiger partial charge in [-0.25, -0.2) is 4.79 Å². The lowest BCUT2D eigenvalue weighted by Crippen LogP contribution is -2.41. The van der Waals surface area contributed by atoms with Gasteiger partial charge >= 0.3 is 5.97 Å². The highest BCUT2D eigenvalue weighted by atomic mass is 16.5. The normalized spacial score (nSPS) is 11.6. The molecule has 3 aromatic rings. The minimum absolute atomic E-state index is 0.218. The fourth-order valence-electron chi connectivity index (χ4n) is 3.04. The van der Waals surface area contributed by atoms with Gasteiger partial charge in [0.15, 0.2) is 0 Å². The van der Waals surface area contributed by atoms with Crippen molar-refractivity contribution in [3.8, 4) is 0 Å². The number of carbonyl (C=O) groups excluding carboxylic acids is 1. The number of hydrogen-bond acceptors (Lipinski definition) is 3. The molecule has 0 aromatic heterocycles. The maximum Gasteiger partial charge on any atom is 0.329 e. The minimum Gasteiger partial charge on any atom is -0.464 e. The minimum atomic E-state index is -0.442. The first-order valence-corrected chi connectivity index (χ1v) is 8.89. The van der Waals surface area contributed by atoms with Crippen molar-refractivity contribution in [3.05, 3.63) is 96.6 Å². The summed E-state index contributed by atoms with van der Waals surface area (Å²) >= 11 is 0. The lowest BCUT2D eigenvalue weighted by molar-refractivity contribution is -0.144. The zero-order valence-electron chi connectivity index (χ0n) is 14.9. The Morgan fingerprint density at radius 2 is 1.27 bits per heavy atom. The third-order valence-electron chi connectivity index (χ3n) is 4.21. The molecule has 0 fully saturated rings. The highest BCUT2D eigenvalue weighted by Crippen LogP contribution is 2.29. The molecule has 0 N–H and O–H groups in total. The van der Waals surface area contributed by atoms with E-state index in [0.29, 0.717) is 13.0 Å². The first-order valence-electron chi connectivity index (χ1n) is 8.89. The van der Waals surface area contributed by atoms with Crippen molar-refractivity contribution in [1.29, 1.82) is 0 Å². The van der Waals surface area contributed by atoms with Gasteiger partial charge in [0.2, 0.25) is 0 Å². The number of carbonyl (C=O) groups is 1. The molecule has 0 bridgehead atoms. The van der Waals surface area contributed by atoms with Crippen LogP contribution in [-0.4, -0.2) is 18.6 Å². The molecule has 132 valence electrons. The Kier molecular flexibility index (Phi) is 6.05. The van der Waals surface area contributed by atoms with Crippen LogP contribution >= 0.6 is 0 Å². The van der Waals surface area contributed by atoms with E-state index in [1.165, 1.54) is 0 Å². The van der Waals surface area contributed by atoms with Crippen LogP contribution in [0, 0.1) is 0 Å². The van der Waals surface area contributed by atoms with E-state index in [4.69, 9.17) is 4.74 Å². The molecule has 0 amide bonds. The molecular weight excluding hydrogens is 322 g/mol. The van der Waals surface area contributed by atoms with Gasteiger partial charge in [-0.2, -0.15) is 0 Å². The van der Waals surface area contributed by atoms with Crippen molar-refractivity contribution < 1.29 is 9.53 Å². The van der Waals surface area contributed by atoms with Crippen molar-refractivity contribution in [2.45, 2.75) is 19.4 Å². The topological polar surface area (TPSA) is 29.5 Å². The van der Waals surface area contributed by atoms with E-state index in [1.54, 1.807) is 0 Å². The second kappa shape index (κ2) is 8.86. The number of esters is 1. The van der Waals surface area contributed by atoms with Crippen LogP contribution in [0.25, 0.3) is 0 Å². The average molecular weight is 345 g/mol. The van der Waals surface area contributed by atoms with Crippen LogP contribution in [0.15, 0.2) is 91.0 Å². The van der Waals surface area contributed by atoms with E-state index in [-0.39, 0.29) is 5.97 Å². The van der Waals surface area contributed by atoms with Crippen LogP contribution in [0.4, 0.5) is 11.4 Å². The molecule has 3 aromatic carbocycles. The van der Waals surface area contributed by atoms with Crippen molar-refractivity contribution in [1.82, 2.24) is 0 Å². The Morgan fingerprint density at radius 3 is 1.73 bits per heavy atom. The Hall–Kier alpha value is -3.07. The number of ether oxygens (including phenoxy) is 1. The van der Waals surface area contributed by atoms with Crippen LogP contribution < -0.4 is 4.90 Å². The maximum absolute atomic E-state index is 12.9. The van der Waals surface area contributed by atoms with E-state index in [2.05, 4.69) is 4.90 Å². The quantitative estimate of drug-likeness (QED) is 0.564. The van der Waals surface area contributed by atoms with Gasteiger partial charge in [-0.1, -0.05) is 66.7 Å². The molecule has 26 heavy (non-hydrogen) atoms. The van der Waals surface area contributed by atoms with Gasteiger partial charge in [0, 0.05) is 17.8 Å². The fraction of sp³-hybridized carbons (Fsp3) is 0.174. The summed E-state index contributed by atoms with van der Waals surface area (Å²) in [6, 6.07) is 29.6. The molecule has 0 radical (unpaired) electrons. The van der Waals surface area contributed by atoms with Crippen molar-refractivity contribution in [3.63, 3.8) is 0 Å². The van der Waals surface area contributed by atoms with Crippen LogP contribution in [0.2, 0.25) is 0 Å². The SMILES string of the molecule is CCOC(=O)[C@H](Cc1ccccc1)N(c1ccccc1)c1ccccc1. The van der Waals surface area contributed by atoms with Crippen molar-refractivity contribution in [2.24, 2.45) is 0 Å². The van der Waals surface area contributed by atoms with Gasteiger partial charge < -0.3 is 9.64 Å². The summed E-state index contributed by atoms with van der Waals surface area (Å²) in [7, 11) is 0. The third-order valence-corrected chi connectivity index (χ3v) is 4.21. The van der Waals surface area contributed by atoms with Crippen molar-refractivity contribution in [2.75, 3.05) is 11.5 Å². The molecule has 0 unspecified atom stereocenters. The predicted molar refractivity (Wildman–Crippen MR) is 106 cm³/mol. The van der Waals surface area contributed by atoms with Crippen LogP contribution in [0.5, 0.6) is 0 Å². The summed E-state index contributed by atoms with van der Waals surface area (Å²) in [5, 5.41) is 0. The highest BCUT2D eigenvalue weighted by Gasteiger charge is 2.29. The zero-order valence-corrected chi connectivity index (χ0v) is 14.9. The first-order chi connectivity index (χ1) is 12.8. The summed E-state index contributed by atoms with van der Waals surface area (Å²) < 4.78 is 5.42. The monoisotopic (exact) mass is 345 g/mol. The van der Waals surface area contributed by atoms with E-state index in [0.717, 1.165) is 16.9 Å². The molecule has 0 aliphatic carbocycles. The fourth-order valence-corrected chi connectivity index (χ4v) is 3.04. The second-order valence-corrected chi connectivity index (χ2v) is 6.00. The van der Waals surface area contributed by atoms with Crippen LogP contribution in [-0.2, 0) is 16.0 Å². The Bertz CT molecular complexity index is 764. The molecule has 0 spiro atoms. The average Bonchev–Trinajstić information content (AvgIpc) is 2.70. The molecular formula is C23H23NO2. The molecule has 3 nitrogen and oxygen atoms in total. The van der Waals surface area contributed by atoms with Crippen LogP contribution in [0.1, 0.15) is 12.5 Å². The van der Waals surface area contributed by atoms with E-state index < -0.39 is 6.04 Å². The Labute approximate surface area is 154 Å². The molecule has 0 aliphatic rings. The van der Waals surface area contributed by atoms with Gasteiger partial charge in [-0.05, 0) is 36.8 Å². The smallest absolute Gasteiger partial charge is 0.329 e. The molecule has 3 rings (SSSR count). The van der Waals surface area contributed by atoms with Crippen LogP contribution in [0.3, 0.4) is 0 Å². The van der Waals surface area contributed by atoms with E-state index in [1.807, 2.05) is 97.9 Å². The van der Waals surface area contributed by atoms with Crippen molar-refractivity contribution >= 4 is 17.3 Å². The molecule has 0 aliphatic heterocycles. The standard InChI is InChI=1S/C23H23NO2/c1-2-26-23(25)22(18-19-12-6-3-7-13-19)24(20-14-8-4-9-15-20)21-16-10-5-11-17-21/h3-17,22H,2,18H2,1H3/t22-/m0/s1. The van der Waals surface area contributed by atoms with E-state index in [9.17, 15) is 4.79 Å². The zero-order chi connectivity index (χ0) is 18.2. The number of rotatable bonds is 7. The van der Waals surface area contributed by atoms with Gasteiger partial charge in [-0.3, -0.25) is 0 Å². The summed E-state index contributed by atoms with van der Waals surface area (Å²) in [6.45, 7) is 2.20. The highest BCUT2D eigenvalue weighted by molar-refractivity contribution is 5.84. The summed E-state index contributed by atoms with van der Waals surface area (Å²) in [6.07, 6.45) is 0.573. The van der Waals surface area contributed by atoms with E-state index >= 15 is 0 Å². The molecule has 3 heteroatoms. The number of anilines is 2. The summed E-state index contributed by atoms with van der Waals surface area (Å²) in [5.74, 6) is -0.218. The predicted octanol–water partition coefficient (Wildman–Crippen LogP) is 5.00.